The summed E-state index contributed by atoms with van der Waals surface area (Å²) >= 11 is 0. The highest BCUT2D eigenvalue weighted by atomic mass is 14.2. The molecule has 1 aliphatic carbocycles. The van der Waals surface area contributed by atoms with Gasteiger partial charge >= 0.3 is 0 Å². The van der Waals surface area contributed by atoms with Gasteiger partial charge in [-0.25, -0.2) is 0 Å². The van der Waals surface area contributed by atoms with Crippen molar-refractivity contribution in [1.82, 2.24) is 0 Å². The van der Waals surface area contributed by atoms with Crippen molar-refractivity contribution in [3.63, 3.8) is 0 Å². The smallest absolute Gasteiger partial charge is 0.00265 e. The van der Waals surface area contributed by atoms with Crippen molar-refractivity contribution in [1.29, 1.82) is 0 Å². The van der Waals surface area contributed by atoms with E-state index in [-0.39, 0.29) is 0 Å². The second kappa shape index (κ2) is 3.69. The second-order valence-electron chi connectivity index (χ2n) is 4.41. The minimum absolute atomic E-state index is 0.574. The average Bonchev–Trinajstić information content (AvgIpc) is 2.54. The zero-order valence-electron chi connectivity index (χ0n) is 9.80. The molecule has 0 aliphatic heterocycles. The fourth-order valence-electron chi connectivity index (χ4n) is 2.12. The van der Waals surface area contributed by atoms with Crippen molar-refractivity contribution in [2.45, 2.75) is 33.1 Å². The summed E-state index contributed by atoms with van der Waals surface area (Å²) in [6.07, 6.45) is 3.32. The van der Waals surface area contributed by atoms with Crippen LogP contribution in [-0.2, 0) is 0 Å². The number of fused-ring (bicyclic) bond motifs is 1. The maximum atomic E-state index is 4.10. The maximum Gasteiger partial charge on any atom is 0.00265 e. The minimum Gasteiger partial charge on any atom is -0.0952 e. The maximum absolute atomic E-state index is 4.10. The predicted molar refractivity (Wildman–Crippen MR) is 67.8 cm³/mol. The van der Waals surface area contributed by atoms with Gasteiger partial charge in [0.05, 0.1) is 0 Å². The molecule has 0 N–H and O–H groups in total. The first-order valence-corrected chi connectivity index (χ1v) is 5.63. The van der Waals surface area contributed by atoms with E-state index in [1.165, 1.54) is 27.8 Å². The molecule has 0 fully saturated rings. The third kappa shape index (κ3) is 1.65. The Labute approximate surface area is 92.3 Å². The molecule has 15 heavy (non-hydrogen) atoms. The third-order valence-electron chi connectivity index (χ3n) is 3.45. The van der Waals surface area contributed by atoms with E-state index in [0.29, 0.717) is 5.92 Å². The summed E-state index contributed by atoms with van der Waals surface area (Å²) in [6.45, 7) is 10.7. The summed E-state index contributed by atoms with van der Waals surface area (Å²) in [5.74, 6) is 0.574. The van der Waals surface area contributed by atoms with Crippen LogP contribution in [0.3, 0.4) is 0 Å². The SMILES string of the molecule is C=C(CC)c1ccc2c(c1)[C@H](C)C(C)=C2. The zero-order valence-corrected chi connectivity index (χ0v) is 9.80. The summed E-state index contributed by atoms with van der Waals surface area (Å²) < 4.78 is 0. The molecule has 1 atom stereocenters. The van der Waals surface area contributed by atoms with Crippen molar-refractivity contribution >= 4 is 11.6 Å². The zero-order chi connectivity index (χ0) is 11.0. The second-order valence-corrected chi connectivity index (χ2v) is 4.41. The van der Waals surface area contributed by atoms with Crippen molar-refractivity contribution in [2.24, 2.45) is 0 Å². The highest BCUT2D eigenvalue weighted by molar-refractivity contribution is 5.71. The van der Waals surface area contributed by atoms with Crippen LogP contribution in [0.1, 0.15) is 49.8 Å². The Hall–Kier alpha value is -1.30. The topological polar surface area (TPSA) is 0 Å². The van der Waals surface area contributed by atoms with Gasteiger partial charge in [0.25, 0.3) is 0 Å². The molecule has 1 aromatic carbocycles. The molecular formula is C15H18. The molecule has 0 bridgehead atoms. The number of allylic oxidation sites excluding steroid dienone is 2. The number of rotatable bonds is 2. The minimum atomic E-state index is 0.574. The largest absolute Gasteiger partial charge is 0.0952 e. The van der Waals surface area contributed by atoms with Crippen LogP contribution in [0, 0.1) is 0 Å². The Bertz CT molecular complexity index is 435. The monoisotopic (exact) mass is 198 g/mol. The average molecular weight is 198 g/mol. The molecule has 1 aliphatic rings. The van der Waals surface area contributed by atoms with E-state index in [2.05, 4.69) is 51.6 Å². The van der Waals surface area contributed by atoms with Gasteiger partial charge in [-0.15, -0.1) is 0 Å². The van der Waals surface area contributed by atoms with Crippen LogP contribution in [0.5, 0.6) is 0 Å². The Morgan fingerprint density at radius 3 is 2.80 bits per heavy atom. The first-order valence-electron chi connectivity index (χ1n) is 5.63. The summed E-state index contributed by atoms with van der Waals surface area (Å²) in [4.78, 5) is 0. The number of benzene rings is 1. The fraction of sp³-hybridized carbons (Fsp3) is 0.333. The standard InChI is InChI=1S/C15H18/c1-5-10(2)13-6-7-14-8-11(3)12(4)15(14)9-13/h6-9,12H,2,5H2,1,3-4H3/t12-/m1/s1. The fourth-order valence-corrected chi connectivity index (χ4v) is 2.12. The molecule has 2 rings (SSSR count). The van der Waals surface area contributed by atoms with Gasteiger partial charge in [-0.3, -0.25) is 0 Å². The van der Waals surface area contributed by atoms with Gasteiger partial charge < -0.3 is 0 Å². The predicted octanol–water partition coefficient (Wildman–Crippen LogP) is 4.63. The molecule has 0 radical (unpaired) electrons. The number of hydrogen-bond acceptors (Lipinski definition) is 0. The van der Waals surface area contributed by atoms with Gasteiger partial charge in [-0.1, -0.05) is 50.3 Å². The van der Waals surface area contributed by atoms with E-state index in [1.807, 2.05) is 0 Å². The van der Waals surface area contributed by atoms with Crippen LogP contribution in [-0.4, -0.2) is 0 Å². The normalized spacial score (nSPS) is 18.6. The van der Waals surface area contributed by atoms with Crippen molar-refractivity contribution in [3.05, 3.63) is 47.0 Å². The van der Waals surface area contributed by atoms with Crippen molar-refractivity contribution in [3.8, 4) is 0 Å². The molecule has 0 heteroatoms. The van der Waals surface area contributed by atoms with Crippen LogP contribution in [0.15, 0.2) is 30.4 Å². The Morgan fingerprint density at radius 2 is 2.13 bits per heavy atom. The van der Waals surface area contributed by atoms with E-state index >= 15 is 0 Å². The van der Waals surface area contributed by atoms with Crippen molar-refractivity contribution in [2.75, 3.05) is 0 Å². The summed E-state index contributed by atoms with van der Waals surface area (Å²) in [6, 6.07) is 6.71. The van der Waals surface area contributed by atoms with E-state index in [1.54, 1.807) is 0 Å². The quantitative estimate of drug-likeness (QED) is 0.650. The summed E-state index contributed by atoms with van der Waals surface area (Å²) in [5.41, 5.74) is 6.83. The first kappa shape index (κ1) is 10.2. The molecular weight excluding hydrogens is 180 g/mol. The lowest BCUT2D eigenvalue weighted by atomic mass is 9.94. The first-order chi connectivity index (χ1) is 7.13. The lowest BCUT2D eigenvalue weighted by molar-refractivity contribution is 0.920. The Balaban J connectivity index is 2.43. The van der Waals surface area contributed by atoms with Gasteiger partial charge in [-0.2, -0.15) is 0 Å². The third-order valence-corrected chi connectivity index (χ3v) is 3.45. The Morgan fingerprint density at radius 1 is 1.40 bits per heavy atom. The molecule has 1 aromatic rings. The highest BCUT2D eigenvalue weighted by Crippen LogP contribution is 2.36. The molecule has 0 saturated carbocycles. The van der Waals surface area contributed by atoms with Gasteiger partial charge in [0.15, 0.2) is 0 Å². The lowest BCUT2D eigenvalue weighted by Crippen LogP contribution is -1.92. The Kier molecular flexibility index (Phi) is 2.52. The summed E-state index contributed by atoms with van der Waals surface area (Å²) in [7, 11) is 0. The molecule has 78 valence electrons. The lowest BCUT2D eigenvalue weighted by Gasteiger charge is -2.10. The van der Waals surface area contributed by atoms with Crippen LogP contribution >= 0.6 is 0 Å². The molecule has 0 nitrogen and oxygen atoms in total. The molecule has 0 amide bonds. The van der Waals surface area contributed by atoms with E-state index < -0.39 is 0 Å². The molecule has 0 saturated heterocycles. The van der Waals surface area contributed by atoms with E-state index in [0.717, 1.165) is 6.42 Å². The molecule has 0 unspecified atom stereocenters. The van der Waals surface area contributed by atoms with Crippen LogP contribution in [0.25, 0.3) is 11.6 Å². The van der Waals surface area contributed by atoms with Gasteiger partial charge in [0.1, 0.15) is 0 Å². The van der Waals surface area contributed by atoms with Gasteiger partial charge in [0.2, 0.25) is 0 Å². The van der Waals surface area contributed by atoms with Crippen LogP contribution in [0.2, 0.25) is 0 Å². The van der Waals surface area contributed by atoms with Crippen LogP contribution < -0.4 is 0 Å². The molecule has 0 spiro atoms. The van der Waals surface area contributed by atoms with Gasteiger partial charge in [0, 0.05) is 5.92 Å². The van der Waals surface area contributed by atoms with Gasteiger partial charge in [-0.05, 0) is 35.6 Å². The highest BCUT2D eigenvalue weighted by Gasteiger charge is 2.18. The van der Waals surface area contributed by atoms with Crippen molar-refractivity contribution < 1.29 is 0 Å². The van der Waals surface area contributed by atoms with E-state index in [4.69, 9.17) is 0 Å². The number of hydrogen-bond donors (Lipinski definition) is 0. The van der Waals surface area contributed by atoms with E-state index in [9.17, 15) is 0 Å². The molecule has 0 heterocycles. The summed E-state index contributed by atoms with van der Waals surface area (Å²) in [5, 5.41) is 0. The van der Waals surface area contributed by atoms with Crippen LogP contribution in [0.4, 0.5) is 0 Å². The molecule has 0 aromatic heterocycles.